The maximum atomic E-state index is 10.5. The van der Waals surface area contributed by atoms with Crippen molar-refractivity contribution in [1.29, 1.82) is 0 Å². The molecule has 4 nitrogen and oxygen atoms in total. The Labute approximate surface area is 113 Å². The Morgan fingerprint density at radius 1 is 1.28 bits per heavy atom. The predicted molar refractivity (Wildman–Crippen MR) is 71.1 cm³/mol. The van der Waals surface area contributed by atoms with Crippen molar-refractivity contribution in [2.24, 2.45) is 0 Å². The van der Waals surface area contributed by atoms with Gasteiger partial charge in [-0.1, -0.05) is 28.1 Å². The lowest BCUT2D eigenvalue weighted by molar-refractivity contribution is -0.136. The Balaban J connectivity index is 2.14. The van der Waals surface area contributed by atoms with Crippen LogP contribution in [0.2, 0.25) is 0 Å². The van der Waals surface area contributed by atoms with E-state index in [9.17, 15) is 4.79 Å². The van der Waals surface area contributed by atoms with E-state index in [0.29, 0.717) is 12.2 Å². The van der Waals surface area contributed by atoms with E-state index in [1.54, 1.807) is 12.4 Å². The van der Waals surface area contributed by atoms with E-state index in [1.807, 2.05) is 24.3 Å². The van der Waals surface area contributed by atoms with Crippen LogP contribution < -0.4 is 0 Å². The number of aryl methyl sites for hydroxylation is 1. The van der Waals surface area contributed by atoms with Crippen LogP contribution in [0, 0.1) is 0 Å². The number of benzene rings is 1. The molecule has 0 spiro atoms. The van der Waals surface area contributed by atoms with E-state index in [0.717, 1.165) is 15.6 Å². The normalized spacial score (nSPS) is 10.3. The van der Waals surface area contributed by atoms with Crippen LogP contribution >= 0.6 is 15.9 Å². The predicted octanol–water partition coefficient (Wildman–Crippen LogP) is 2.92. The van der Waals surface area contributed by atoms with Gasteiger partial charge in [-0.15, -0.1) is 0 Å². The summed E-state index contributed by atoms with van der Waals surface area (Å²) in [5, 5.41) is 8.59. The summed E-state index contributed by atoms with van der Waals surface area (Å²) in [4.78, 5) is 18.9. The highest BCUT2D eigenvalue weighted by Gasteiger charge is 2.03. The highest BCUT2D eigenvalue weighted by Crippen LogP contribution is 2.19. The van der Waals surface area contributed by atoms with Crippen LogP contribution in [0.4, 0.5) is 0 Å². The first-order valence-electron chi connectivity index (χ1n) is 5.44. The topological polar surface area (TPSA) is 63.1 Å². The Kier molecular flexibility index (Phi) is 4.04. The molecule has 0 aliphatic carbocycles. The van der Waals surface area contributed by atoms with Crippen LogP contribution in [0.15, 0.2) is 41.1 Å². The van der Waals surface area contributed by atoms with Gasteiger partial charge >= 0.3 is 5.97 Å². The lowest BCUT2D eigenvalue weighted by atomic mass is 10.2. The molecule has 0 radical (unpaired) electrons. The summed E-state index contributed by atoms with van der Waals surface area (Å²) in [5.74, 6) is -0.179. The van der Waals surface area contributed by atoms with Crippen molar-refractivity contribution in [3.8, 4) is 11.4 Å². The number of hydrogen-bond acceptors (Lipinski definition) is 3. The molecule has 2 aromatic rings. The molecule has 5 heteroatoms. The molecule has 2 rings (SSSR count). The monoisotopic (exact) mass is 306 g/mol. The van der Waals surface area contributed by atoms with E-state index in [-0.39, 0.29) is 6.42 Å². The molecule has 0 aliphatic rings. The molecule has 1 N–H and O–H groups in total. The number of carboxylic acids is 1. The second kappa shape index (κ2) is 5.73. The average Bonchev–Trinajstić information content (AvgIpc) is 2.37. The lowest BCUT2D eigenvalue weighted by Gasteiger charge is -2.02. The summed E-state index contributed by atoms with van der Waals surface area (Å²) in [6.07, 6.45) is 3.89. The van der Waals surface area contributed by atoms with Crippen molar-refractivity contribution < 1.29 is 9.90 Å². The van der Waals surface area contributed by atoms with Gasteiger partial charge in [-0.25, -0.2) is 9.97 Å². The van der Waals surface area contributed by atoms with Crippen LogP contribution in [-0.2, 0) is 11.2 Å². The number of aromatic nitrogens is 2. The Bertz CT molecular complexity index is 555. The maximum absolute atomic E-state index is 10.5. The molecule has 0 unspecified atom stereocenters. The lowest BCUT2D eigenvalue weighted by Crippen LogP contribution is -1.99. The van der Waals surface area contributed by atoms with Crippen LogP contribution in [0.5, 0.6) is 0 Å². The Morgan fingerprint density at radius 2 is 2.00 bits per heavy atom. The van der Waals surface area contributed by atoms with Crippen molar-refractivity contribution in [3.63, 3.8) is 0 Å². The van der Waals surface area contributed by atoms with E-state index >= 15 is 0 Å². The zero-order chi connectivity index (χ0) is 13.0. The van der Waals surface area contributed by atoms with Gasteiger partial charge in [0.1, 0.15) is 0 Å². The zero-order valence-corrected chi connectivity index (χ0v) is 11.1. The summed E-state index contributed by atoms with van der Waals surface area (Å²) in [6, 6.07) is 7.72. The molecule has 0 atom stereocenters. The van der Waals surface area contributed by atoms with E-state index < -0.39 is 5.97 Å². The van der Waals surface area contributed by atoms with Crippen molar-refractivity contribution in [1.82, 2.24) is 9.97 Å². The summed E-state index contributed by atoms with van der Waals surface area (Å²) >= 11 is 3.39. The number of rotatable bonds is 4. The third-order valence-corrected chi connectivity index (χ3v) is 2.91. The minimum atomic E-state index is -0.814. The van der Waals surface area contributed by atoms with Gasteiger partial charge in [0.2, 0.25) is 0 Å². The molecule has 0 fully saturated rings. The van der Waals surface area contributed by atoms with Gasteiger partial charge < -0.3 is 5.11 Å². The molecule has 1 aromatic carbocycles. The van der Waals surface area contributed by atoms with Crippen LogP contribution in [-0.4, -0.2) is 21.0 Å². The van der Waals surface area contributed by atoms with E-state index in [1.165, 1.54) is 0 Å². The second-order valence-corrected chi connectivity index (χ2v) is 4.73. The van der Waals surface area contributed by atoms with Crippen LogP contribution in [0.3, 0.4) is 0 Å². The van der Waals surface area contributed by atoms with Crippen molar-refractivity contribution in [2.45, 2.75) is 12.8 Å². The van der Waals surface area contributed by atoms with Crippen LogP contribution in [0.1, 0.15) is 12.0 Å². The van der Waals surface area contributed by atoms with E-state index in [2.05, 4.69) is 25.9 Å². The molecule has 0 bridgehead atoms. The molecule has 1 heterocycles. The maximum Gasteiger partial charge on any atom is 0.303 e. The SMILES string of the molecule is O=C(O)CCc1cnc(-c2cccc(Br)c2)nc1. The first kappa shape index (κ1) is 12.7. The van der Waals surface area contributed by atoms with Gasteiger partial charge in [-0.2, -0.15) is 0 Å². The number of carboxylic acid groups (broad SMARTS) is 1. The van der Waals surface area contributed by atoms with Gasteiger partial charge in [0, 0.05) is 28.9 Å². The summed E-state index contributed by atoms with van der Waals surface area (Å²) in [6.45, 7) is 0. The highest BCUT2D eigenvalue weighted by molar-refractivity contribution is 9.10. The summed E-state index contributed by atoms with van der Waals surface area (Å²) in [5.41, 5.74) is 1.75. The van der Waals surface area contributed by atoms with Gasteiger partial charge in [0.25, 0.3) is 0 Å². The molecule has 1 aromatic heterocycles. The molecule has 0 aliphatic heterocycles. The van der Waals surface area contributed by atoms with Crippen LogP contribution in [0.25, 0.3) is 11.4 Å². The number of halogens is 1. The fourth-order valence-electron chi connectivity index (χ4n) is 1.51. The second-order valence-electron chi connectivity index (χ2n) is 3.82. The average molecular weight is 307 g/mol. The number of aliphatic carboxylic acids is 1. The molecule has 18 heavy (non-hydrogen) atoms. The smallest absolute Gasteiger partial charge is 0.303 e. The van der Waals surface area contributed by atoms with E-state index in [4.69, 9.17) is 5.11 Å². The van der Waals surface area contributed by atoms with Gasteiger partial charge in [0.15, 0.2) is 5.82 Å². The van der Waals surface area contributed by atoms with Crippen molar-refractivity contribution in [2.75, 3.05) is 0 Å². The molecular weight excluding hydrogens is 296 g/mol. The number of carbonyl (C=O) groups is 1. The first-order chi connectivity index (χ1) is 8.65. The van der Waals surface area contributed by atoms with Gasteiger partial charge in [-0.05, 0) is 24.1 Å². The van der Waals surface area contributed by atoms with Gasteiger partial charge in [0.05, 0.1) is 0 Å². The summed E-state index contributed by atoms with van der Waals surface area (Å²) in [7, 11) is 0. The standard InChI is InChI=1S/C13H11BrN2O2/c14-11-3-1-2-10(6-11)13-15-7-9(8-16-13)4-5-12(17)18/h1-3,6-8H,4-5H2,(H,17,18). The number of nitrogens with zero attached hydrogens (tertiary/aromatic N) is 2. The minimum Gasteiger partial charge on any atom is -0.481 e. The zero-order valence-electron chi connectivity index (χ0n) is 9.51. The van der Waals surface area contributed by atoms with Crippen molar-refractivity contribution >= 4 is 21.9 Å². The number of hydrogen-bond donors (Lipinski definition) is 1. The molecule has 0 saturated heterocycles. The fraction of sp³-hybridized carbons (Fsp3) is 0.154. The first-order valence-corrected chi connectivity index (χ1v) is 6.23. The quantitative estimate of drug-likeness (QED) is 0.943. The molecule has 92 valence electrons. The third-order valence-electron chi connectivity index (χ3n) is 2.42. The molecule has 0 saturated carbocycles. The fourth-order valence-corrected chi connectivity index (χ4v) is 1.91. The largest absolute Gasteiger partial charge is 0.481 e. The summed E-state index contributed by atoms with van der Waals surface area (Å²) < 4.78 is 0.971. The highest BCUT2D eigenvalue weighted by atomic mass is 79.9. The molecule has 0 amide bonds. The third kappa shape index (κ3) is 3.37. The van der Waals surface area contributed by atoms with Gasteiger partial charge in [-0.3, -0.25) is 4.79 Å². The van der Waals surface area contributed by atoms with Crippen molar-refractivity contribution in [3.05, 3.63) is 46.7 Å². The minimum absolute atomic E-state index is 0.0968. The Hall–Kier alpha value is -1.75. The Morgan fingerprint density at radius 3 is 2.61 bits per heavy atom. The molecular formula is C13H11BrN2O2.